The van der Waals surface area contributed by atoms with Gasteiger partial charge in [0.15, 0.2) is 0 Å². The Hall–Kier alpha value is -1.06. The first kappa shape index (κ1) is 13.9. The molecule has 1 aliphatic carbocycles. The highest BCUT2D eigenvalue weighted by molar-refractivity contribution is 6.42. The second-order valence-electron chi connectivity index (χ2n) is 6.35. The van der Waals surface area contributed by atoms with Gasteiger partial charge in [0.25, 0.3) is 0 Å². The number of hydrogen-bond donors (Lipinski definition) is 1. The van der Waals surface area contributed by atoms with Crippen LogP contribution in [-0.2, 0) is 4.79 Å². The van der Waals surface area contributed by atoms with E-state index in [1.807, 2.05) is 6.07 Å². The molecule has 3 rings (SSSR count). The summed E-state index contributed by atoms with van der Waals surface area (Å²) in [6.45, 7) is 4.25. The zero-order valence-electron chi connectivity index (χ0n) is 11.4. The Balaban J connectivity index is 1.93. The third-order valence-electron chi connectivity index (χ3n) is 4.04. The summed E-state index contributed by atoms with van der Waals surface area (Å²) in [7, 11) is 0. The lowest BCUT2D eigenvalue weighted by molar-refractivity contribution is -0.126. The van der Waals surface area contributed by atoms with Crippen LogP contribution in [0.2, 0.25) is 10.0 Å². The standard InChI is InChI=1S/C15H16Cl2N2O/c1-15(2)6-11-13(12(20)7-15)14(19-18-11)8-3-4-9(16)10(17)5-8/h3-5,11,13,18H,6-7H2,1-2H3/t11-,13+/m0/s1. The molecule has 5 heteroatoms. The molecule has 3 nitrogen and oxygen atoms in total. The monoisotopic (exact) mass is 310 g/mol. The van der Waals surface area contributed by atoms with Crippen LogP contribution in [0.15, 0.2) is 23.3 Å². The number of nitrogens with one attached hydrogen (secondary N) is 1. The van der Waals surface area contributed by atoms with Crippen molar-refractivity contribution in [2.24, 2.45) is 16.4 Å². The summed E-state index contributed by atoms with van der Waals surface area (Å²) in [5, 5.41) is 5.38. The minimum absolute atomic E-state index is 0.0356. The first-order valence-electron chi connectivity index (χ1n) is 6.69. The average Bonchev–Trinajstić information content (AvgIpc) is 2.75. The van der Waals surface area contributed by atoms with Crippen LogP contribution in [0.4, 0.5) is 0 Å². The molecule has 1 fully saturated rings. The maximum Gasteiger partial charge on any atom is 0.144 e. The van der Waals surface area contributed by atoms with E-state index in [-0.39, 0.29) is 23.2 Å². The highest BCUT2D eigenvalue weighted by Crippen LogP contribution is 2.40. The van der Waals surface area contributed by atoms with Crippen molar-refractivity contribution in [1.82, 2.24) is 5.43 Å². The predicted molar refractivity (Wildman–Crippen MR) is 81.4 cm³/mol. The van der Waals surface area contributed by atoms with Crippen LogP contribution in [0.25, 0.3) is 0 Å². The number of fused-ring (bicyclic) bond motifs is 1. The Morgan fingerprint density at radius 1 is 1.30 bits per heavy atom. The summed E-state index contributed by atoms with van der Waals surface area (Å²) in [6.07, 6.45) is 1.54. The van der Waals surface area contributed by atoms with Crippen LogP contribution in [-0.4, -0.2) is 17.5 Å². The third kappa shape index (κ3) is 2.33. The summed E-state index contributed by atoms with van der Waals surface area (Å²) in [5.74, 6) is 0.0846. The van der Waals surface area contributed by atoms with Gasteiger partial charge >= 0.3 is 0 Å². The van der Waals surface area contributed by atoms with Crippen LogP contribution >= 0.6 is 23.2 Å². The zero-order valence-corrected chi connectivity index (χ0v) is 12.9. The van der Waals surface area contributed by atoms with Gasteiger partial charge in [0.1, 0.15) is 5.78 Å². The minimum atomic E-state index is -0.166. The van der Waals surface area contributed by atoms with Crippen molar-refractivity contribution in [2.75, 3.05) is 0 Å². The van der Waals surface area contributed by atoms with Gasteiger partial charge in [0.05, 0.1) is 27.7 Å². The molecule has 0 bridgehead atoms. The maximum absolute atomic E-state index is 12.4. The molecule has 1 heterocycles. The van der Waals surface area contributed by atoms with Crippen molar-refractivity contribution in [3.63, 3.8) is 0 Å². The first-order chi connectivity index (χ1) is 9.37. The third-order valence-corrected chi connectivity index (χ3v) is 4.77. The van der Waals surface area contributed by atoms with Gasteiger partial charge < -0.3 is 5.43 Å². The fourth-order valence-electron chi connectivity index (χ4n) is 3.18. The van der Waals surface area contributed by atoms with Crippen molar-refractivity contribution in [2.45, 2.75) is 32.7 Å². The van der Waals surface area contributed by atoms with E-state index in [1.54, 1.807) is 12.1 Å². The highest BCUT2D eigenvalue weighted by atomic mass is 35.5. The van der Waals surface area contributed by atoms with Gasteiger partial charge in [-0.3, -0.25) is 4.79 Å². The van der Waals surface area contributed by atoms with Gasteiger partial charge in [0.2, 0.25) is 0 Å². The number of hydrazone groups is 1. The molecule has 1 N–H and O–H groups in total. The van der Waals surface area contributed by atoms with Gasteiger partial charge in [-0.05, 0) is 24.0 Å². The summed E-state index contributed by atoms with van der Waals surface area (Å²) >= 11 is 12.0. The van der Waals surface area contributed by atoms with Gasteiger partial charge in [0, 0.05) is 12.0 Å². The SMILES string of the molecule is CC1(C)CC(=O)[C@@H]2C(c3ccc(Cl)c(Cl)c3)=NN[C@H]2C1. The molecule has 0 saturated heterocycles. The molecule has 20 heavy (non-hydrogen) atoms. The van der Waals surface area contributed by atoms with Crippen LogP contribution in [0.3, 0.4) is 0 Å². The number of halogens is 2. The van der Waals surface area contributed by atoms with Gasteiger partial charge in [-0.2, -0.15) is 5.10 Å². The number of hydrogen-bond acceptors (Lipinski definition) is 3. The van der Waals surface area contributed by atoms with Gasteiger partial charge in [-0.15, -0.1) is 0 Å². The molecule has 0 spiro atoms. The van der Waals surface area contributed by atoms with E-state index in [0.29, 0.717) is 16.5 Å². The normalized spacial score (nSPS) is 27.8. The maximum atomic E-state index is 12.4. The number of carbonyl (C=O) groups is 1. The Morgan fingerprint density at radius 3 is 2.75 bits per heavy atom. The van der Waals surface area contributed by atoms with E-state index in [2.05, 4.69) is 24.4 Å². The fraction of sp³-hybridized carbons (Fsp3) is 0.467. The zero-order chi connectivity index (χ0) is 14.5. The predicted octanol–water partition coefficient (Wildman–Crippen LogP) is 3.67. The largest absolute Gasteiger partial charge is 0.306 e. The molecular weight excluding hydrogens is 295 g/mol. The Bertz CT molecular complexity index is 610. The molecule has 1 saturated carbocycles. The molecular formula is C15H16Cl2N2O. The topological polar surface area (TPSA) is 41.5 Å². The molecule has 1 aliphatic heterocycles. The minimum Gasteiger partial charge on any atom is -0.306 e. The number of nitrogens with zero attached hydrogens (tertiary/aromatic N) is 1. The van der Waals surface area contributed by atoms with Crippen LogP contribution < -0.4 is 5.43 Å². The molecule has 0 amide bonds. The summed E-state index contributed by atoms with van der Waals surface area (Å²) < 4.78 is 0. The van der Waals surface area contributed by atoms with E-state index in [0.717, 1.165) is 17.7 Å². The lowest BCUT2D eigenvalue weighted by Gasteiger charge is -2.36. The lowest BCUT2D eigenvalue weighted by atomic mass is 9.68. The number of ketones is 1. The van der Waals surface area contributed by atoms with E-state index in [1.165, 1.54) is 0 Å². The molecule has 0 unspecified atom stereocenters. The summed E-state index contributed by atoms with van der Waals surface area (Å²) in [6, 6.07) is 5.48. The fourth-order valence-corrected chi connectivity index (χ4v) is 3.47. The molecule has 106 valence electrons. The highest BCUT2D eigenvalue weighted by Gasteiger charge is 2.46. The van der Waals surface area contributed by atoms with E-state index in [4.69, 9.17) is 23.2 Å². The molecule has 1 aromatic carbocycles. The number of rotatable bonds is 1. The first-order valence-corrected chi connectivity index (χ1v) is 7.44. The van der Waals surface area contributed by atoms with Crippen molar-refractivity contribution >= 4 is 34.7 Å². The quantitative estimate of drug-likeness (QED) is 0.859. The van der Waals surface area contributed by atoms with E-state index < -0.39 is 0 Å². The Morgan fingerprint density at radius 2 is 2.05 bits per heavy atom. The van der Waals surface area contributed by atoms with Crippen molar-refractivity contribution in [3.05, 3.63) is 33.8 Å². The number of benzene rings is 1. The molecule has 0 radical (unpaired) electrons. The van der Waals surface area contributed by atoms with Gasteiger partial charge in [-0.25, -0.2) is 0 Å². The van der Waals surface area contributed by atoms with E-state index in [9.17, 15) is 4.79 Å². The van der Waals surface area contributed by atoms with Crippen LogP contribution in [0.1, 0.15) is 32.3 Å². The summed E-state index contributed by atoms with van der Waals surface area (Å²) in [5.41, 5.74) is 4.81. The molecule has 1 aromatic rings. The smallest absolute Gasteiger partial charge is 0.144 e. The van der Waals surface area contributed by atoms with Crippen LogP contribution in [0, 0.1) is 11.3 Å². The molecule has 2 aliphatic rings. The number of Topliss-reactive ketones (excluding diaryl/α,β-unsaturated/α-hetero) is 1. The summed E-state index contributed by atoms with van der Waals surface area (Å²) in [4.78, 5) is 12.4. The second kappa shape index (κ2) is 4.74. The lowest BCUT2D eigenvalue weighted by Crippen LogP contribution is -2.45. The van der Waals surface area contributed by atoms with Crippen molar-refractivity contribution in [1.29, 1.82) is 0 Å². The van der Waals surface area contributed by atoms with Crippen molar-refractivity contribution < 1.29 is 4.79 Å². The van der Waals surface area contributed by atoms with E-state index >= 15 is 0 Å². The van der Waals surface area contributed by atoms with Crippen molar-refractivity contribution in [3.8, 4) is 0 Å². The Labute approximate surface area is 128 Å². The van der Waals surface area contributed by atoms with Gasteiger partial charge in [-0.1, -0.05) is 43.1 Å². The number of carbonyl (C=O) groups excluding carboxylic acids is 1. The second-order valence-corrected chi connectivity index (χ2v) is 7.17. The average molecular weight is 311 g/mol. The van der Waals surface area contributed by atoms with Crippen LogP contribution in [0.5, 0.6) is 0 Å². The molecule has 0 aromatic heterocycles. The molecule has 2 atom stereocenters. The Kier molecular flexibility index (Phi) is 3.30.